The molecule has 0 fully saturated rings. The number of rotatable bonds is 2. The lowest BCUT2D eigenvalue weighted by molar-refractivity contribution is 1.28. The van der Waals surface area contributed by atoms with E-state index in [1.54, 1.807) is 6.20 Å². The standard InChI is InChI=1S/C12H10BrN3/c13-11-6-5-10(7-16-11)8-1-3-9(4-2-8)12(14)15/h1-7H,(H3,14,15). The van der Waals surface area contributed by atoms with Crippen molar-refractivity contribution in [1.82, 2.24) is 4.98 Å². The summed E-state index contributed by atoms with van der Waals surface area (Å²) in [7, 11) is 0. The van der Waals surface area contributed by atoms with Crippen LogP contribution in [0.3, 0.4) is 0 Å². The van der Waals surface area contributed by atoms with Crippen molar-refractivity contribution in [2.75, 3.05) is 0 Å². The number of nitrogen functional groups attached to an aromatic ring is 1. The number of hydrogen-bond acceptors (Lipinski definition) is 2. The molecule has 0 aliphatic carbocycles. The number of pyridine rings is 1. The van der Waals surface area contributed by atoms with E-state index in [2.05, 4.69) is 20.9 Å². The number of halogens is 1. The molecule has 2 rings (SSSR count). The Kier molecular flexibility index (Phi) is 3.01. The molecule has 0 radical (unpaired) electrons. The molecule has 0 aliphatic heterocycles. The van der Waals surface area contributed by atoms with Crippen LogP contribution in [-0.4, -0.2) is 10.8 Å². The summed E-state index contributed by atoms with van der Waals surface area (Å²) in [6, 6.07) is 11.4. The van der Waals surface area contributed by atoms with Gasteiger partial charge in [0.05, 0.1) is 0 Å². The summed E-state index contributed by atoms with van der Waals surface area (Å²) in [5.74, 6) is 0.0838. The number of amidine groups is 1. The van der Waals surface area contributed by atoms with Gasteiger partial charge < -0.3 is 5.73 Å². The first-order valence-electron chi connectivity index (χ1n) is 4.73. The number of benzene rings is 1. The second kappa shape index (κ2) is 4.45. The van der Waals surface area contributed by atoms with Gasteiger partial charge in [-0.25, -0.2) is 4.98 Å². The second-order valence-corrected chi connectivity index (χ2v) is 4.17. The zero-order valence-corrected chi connectivity index (χ0v) is 10.0. The minimum Gasteiger partial charge on any atom is -0.384 e. The average molecular weight is 276 g/mol. The second-order valence-electron chi connectivity index (χ2n) is 3.36. The van der Waals surface area contributed by atoms with Crippen molar-refractivity contribution in [3.8, 4) is 11.1 Å². The minimum atomic E-state index is 0.0838. The van der Waals surface area contributed by atoms with Gasteiger partial charge in [-0.15, -0.1) is 0 Å². The van der Waals surface area contributed by atoms with Crippen molar-refractivity contribution in [2.45, 2.75) is 0 Å². The molecule has 3 N–H and O–H groups in total. The van der Waals surface area contributed by atoms with Gasteiger partial charge in [0.2, 0.25) is 0 Å². The molecule has 0 atom stereocenters. The minimum absolute atomic E-state index is 0.0838. The number of hydrogen-bond donors (Lipinski definition) is 2. The molecule has 0 bridgehead atoms. The Morgan fingerprint density at radius 2 is 1.69 bits per heavy atom. The van der Waals surface area contributed by atoms with Crippen LogP contribution in [-0.2, 0) is 0 Å². The summed E-state index contributed by atoms with van der Waals surface area (Å²) in [6.45, 7) is 0. The lowest BCUT2D eigenvalue weighted by Crippen LogP contribution is -2.10. The molecule has 16 heavy (non-hydrogen) atoms. The van der Waals surface area contributed by atoms with Crippen molar-refractivity contribution in [2.24, 2.45) is 5.73 Å². The fraction of sp³-hybridized carbons (Fsp3) is 0. The van der Waals surface area contributed by atoms with Crippen LogP contribution in [0.1, 0.15) is 5.56 Å². The van der Waals surface area contributed by atoms with E-state index in [0.29, 0.717) is 0 Å². The summed E-state index contributed by atoms with van der Waals surface area (Å²) >= 11 is 3.29. The van der Waals surface area contributed by atoms with Gasteiger partial charge in [0.15, 0.2) is 0 Å². The third kappa shape index (κ3) is 2.28. The Bertz CT molecular complexity index is 503. The molecule has 80 valence electrons. The molecule has 0 saturated carbocycles. The highest BCUT2D eigenvalue weighted by molar-refractivity contribution is 9.10. The maximum absolute atomic E-state index is 7.30. The van der Waals surface area contributed by atoms with Crippen LogP contribution in [0.15, 0.2) is 47.2 Å². The maximum atomic E-state index is 7.30. The van der Waals surface area contributed by atoms with Gasteiger partial charge in [0.1, 0.15) is 10.4 Å². The Labute approximate surface area is 102 Å². The predicted octanol–water partition coefficient (Wildman–Crippen LogP) is 2.80. The largest absolute Gasteiger partial charge is 0.384 e. The third-order valence-corrected chi connectivity index (χ3v) is 2.73. The molecule has 1 heterocycles. The van der Waals surface area contributed by atoms with Gasteiger partial charge in [-0.05, 0) is 27.6 Å². The van der Waals surface area contributed by atoms with Crippen LogP contribution in [0.4, 0.5) is 0 Å². The van der Waals surface area contributed by atoms with Gasteiger partial charge in [0.25, 0.3) is 0 Å². The van der Waals surface area contributed by atoms with Crippen LogP contribution in [0.2, 0.25) is 0 Å². The summed E-state index contributed by atoms with van der Waals surface area (Å²) < 4.78 is 0.816. The monoisotopic (exact) mass is 275 g/mol. The lowest BCUT2D eigenvalue weighted by Gasteiger charge is -2.03. The first-order chi connectivity index (χ1) is 7.66. The van der Waals surface area contributed by atoms with Gasteiger partial charge in [0, 0.05) is 17.3 Å². The molecular weight excluding hydrogens is 266 g/mol. The van der Waals surface area contributed by atoms with E-state index in [0.717, 1.165) is 21.3 Å². The number of aromatic nitrogens is 1. The van der Waals surface area contributed by atoms with Crippen molar-refractivity contribution in [3.05, 3.63) is 52.8 Å². The molecule has 0 amide bonds. The quantitative estimate of drug-likeness (QED) is 0.503. The van der Waals surface area contributed by atoms with Crippen LogP contribution in [0.25, 0.3) is 11.1 Å². The van der Waals surface area contributed by atoms with Crippen LogP contribution in [0, 0.1) is 5.41 Å². The van der Waals surface area contributed by atoms with Gasteiger partial charge in [-0.1, -0.05) is 30.3 Å². The number of nitrogens with zero attached hydrogens (tertiary/aromatic N) is 1. The predicted molar refractivity (Wildman–Crippen MR) is 68.4 cm³/mol. The average Bonchev–Trinajstić information content (AvgIpc) is 2.30. The van der Waals surface area contributed by atoms with Crippen LogP contribution in [0.5, 0.6) is 0 Å². The highest BCUT2D eigenvalue weighted by Crippen LogP contribution is 2.20. The van der Waals surface area contributed by atoms with Crippen molar-refractivity contribution in [1.29, 1.82) is 5.41 Å². The number of nitrogens with two attached hydrogens (primary N) is 1. The molecule has 4 heteroatoms. The van der Waals surface area contributed by atoms with E-state index in [1.165, 1.54) is 0 Å². The normalized spacial score (nSPS) is 10.1. The van der Waals surface area contributed by atoms with E-state index in [-0.39, 0.29) is 5.84 Å². The number of nitrogens with one attached hydrogen (secondary N) is 1. The van der Waals surface area contributed by atoms with Crippen LogP contribution >= 0.6 is 15.9 Å². The molecule has 1 aromatic carbocycles. The molecule has 1 aromatic heterocycles. The fourth-order valence-corrected chi connectivity index (χ4v) is 1.62. The zero-order chi connectivity index (χ0) is 11.5. The summed E-state index contributed by atoms with van der Waals surface area (Å²) in [5, 5.41) is 7.30. The SMILES string of the molecule is N=C(N)c1ccc(-c2ccc(Br)nc2)cc1. The summed E-state index contributed by atoms with van der Waals surface area (Å²) in [4.78, 5) is 4.16. The van der Waals surface area contributed by atoms with Crippen molar-refractivity contribution >= 4 is 21.8 Å². The topological polar surface area (TPSA) is 62.8 Å². The Morgan fingerprint density at radius 3 is 2.19 bits per heavy atom. The van der Waals surface area contributed by atoms with E-state index in [1.807, 2.05) is 36.4 Å². The summed E-state index contributed by atoms with van der Waals surface area (Å²) in [5.41, 5.74) is 8.22. The molecule has 2 aromatic rings. The Hall–Kier alpha value is -1.68. The van der Waals surface area contributed by atoms with E-state index >= 15 is 0 Å². The van der Waals surface area contributed by atoms with E-state index in [4.69, 9.17) is 11.1 Å². The highest BCUT2D eigenvalue weighted by Gasteiger charge is 2.00. The highest BCUT2D eigenvalue weighted by atomic mass is 79.9. The fourth-order valence-electron chi connectivity index (χ4n) is 1.39. The molecule has 0 saturated heterocycles. The lowest BCUT2D eigenvalue weighted by atomic mass is 10.1. The van der Waals surface area contributed by atoms with E-state index < -0.39 is 0 Å². The molecule has 0 spiro atoms. The Balaban J connectivity index is 2.34. The van der Waals surface area contributed by atoms with E-state index in [9.17, 15) is 0 Å². The first kappa shape index (κ1) is 10.8. The molecule has 0 aliphatic rings. The smallest absolute Gasteiger partial charge is 0.122 e. The van der Waals surface area contributed by atoms with Gasteiger partial charge in [-0.2, -0.15) is 0 Å². The van der Waals surface area contributed by atoms with Crippen molar-refractivity contribution in [3.63, 3.8) is 0 Å². The van der Waals surface area contributed by atoms with Crippen molar-refractivity contribution < 1.29 is 0 Å². The Morgan fingerprint density at radius 1 is 1.06 bits per heavy atom. The molecular formula is C12H10BrN3. The molecule has 3 nitrogen and oxygen atoms in total. The van der Waals surface area contributed by atoms with Gasteiger partial charge in [-0.3, -0.25) is 5.41 Å². The molecule has 0 unspecified atom stereocenters. The third-order valence-electron chi connectivity index (χ3n) is 2.26. The van der Waals surface area contributed by atoms with Gasteiger partial charge >= 0.3 is 0 Å². The zero-order valence-electron chi connectivity index (χ0n) is 8.44. The maximum Gasteiger partial charge on any atom is 0.122 e. The summed E-state index contributed by atoms with van der Waals surface area (Å²) in [6.07, 6.45) is 1.80. The first-order valence-corrected chi connectivity index (χ1v) is 5.52. The van der Waals surface area contributed by atoms with Crippen LogP contribution < -0.4 is 5.73 Å².